The van der Waals surface area contributed by atoms with Crippen molar-refractivity contribution in [1.82, 2.24) is 0 Å². The molecule has 18 heteroatoms. The highest BCUT2D eigenvalue weighted by atomic mass is 16.7. The highest BCUT2D eigenvalue weighted by Gasteiger charge is 2.50. The quantitative estimate of drug-likeness (QED) is 0.0330. The van der Waals surface area contributed by atoms with E-state index in [0.717, 1.165) is 38.9 Å². The number of hydrogen-bond donors (Lipinski definition) is 2. The molecule has 3 unspecified atom stereocenters. The molecule has 2 aliphatic heterocycles. The summed E-state index contributed by atoms with van der Waals surface area (Å²) in [6.07, 6.45) is -9.87. The number of cyclic esters (lactones) is 1. The van der Waals surface area contributed by atoms with Gasteiger partial charge in [-0.25, -0.2) is 14.4 Å². The van der Waals surface area contributed by atoms with Crippen LogP contribution >= 0.6 is 0 Å². The van der Waals surface area contributed by atoms with Crippen LogP contribution < -0.4 is 42.6 Å². The Morgan fingerprint density at radius 1 is 0.324 bits per heavy atom. The number of carbonyl (C=O) groups is 3. The van der Waals surface area contributed by atoms with E-state index >= 15 is 14.4 Å². The second-order valence-electron chi connectivity index (χ2n) is 25.6. The monoisotopic (exact) mass is 1440 g/mol. The fourth-order valence-corrected chi connectivity index (χ4v) is 12.3. The lowest BCUT2D eigenvalue weighted by atomic mass is 9.91. The molecule has 2 N–H and O–H groups in total. The molecule has 0 amide bonds. The number of fused-ring (bicyclic) bond motifs is 5. The van der Waals surface area contributed by atoms with E-state index in [4.69, 9.17) is 61.6 Å². The zero-order valence-corrected chi connectivity index (χ0v) is 58.7. The Morgan fingerprint density at radius 2 is 0.593 bits per heavy atom. The molecule has 5 atom stereocenters. The van der Waals surface area contributed by atoms with Gasteiger partial charge in [0, 0.05) is 11.1 Å². The summed E-state index contributed by atoms with van der Waals surface area (Å²) >= 11 is 0. The third-order valence-electron chi connectivity index (χ3n) is 17.9. The summed E-state index contributed by atoms with van der Waals surface area (Å²) in [7, 11) is 0. The Hall–Kier alpha value is -12.9. The Labute approximate surface area is 624 Å². The number of aliphatic hydroxyl groups is 2. The maximum Gasteiger partial charge on any atom is 0.340 e. The molecule has 14 rings (SSSR count). The van der Waals surface area contributed by atoms with Gasteiger partial charge in [0.1, 0.15) is 78.3 Å². The Bertz CT molecular complexity index is 4880. The molecule has 2 bridgehead atoms. The SMILES string of the molecule is O=C(OC1O[C@@H]2COC(=O)c3cc(OCc4ccccc4)c(OCc4ccccc4)c(OCc4ccccc4)c3-c3c(cc(OCc4ccccc4)c(OCc4ccccc4)c3OCc3ccccc3)C(=O)OC(C2O)[C@H]1O)c1cc(OCc2ccccc2)c(OCc2ccccc2)c(OCc2ccccc2)c1. The van der Waals surface area contributed by atoms with Crippen LogP contribution in [-0.2, 0) is 78.4 Å². The molecule has 18 nitrogen and oxygen atoms in total. The Balaban J connectivity index is 0.934. The van der Waals surface area contributed by atoms with Gasteiger partial charge in [0.15, 0.2) is 46.7 Å². The Morgan fingerprint density at radius 3 is 0.907 bits per heavy atom. The summed E-state index contributed by atoms with van der Waals surface area (Å²) in [5.41, 5.74) is 5.76. The van der Waals surface area contributed by atoms with Gasteiger partial charge in [-0.05, 0) is 74.3 Å². The summed E-state index contributed by atoms with van der Waals surface area (Å²) in [6, 6.07) is 90.0. The van der Waals surface area contributed by atoms with Gasteiger partial charge in [0.05, 0.1) is 16.7 Å². The van der Waals surface area contributed by atoms with Crippen LogP contribution in [-0.4, -0.2) is 65.4 Å². The average molecular weight is 1450 g/mol. The minimum Gasteiger partial charge on any atom is -0.485 e. The van der Waals surface area contributed by atoms with E-state index in [1.807, 2.05) is 273 Å². The zero-order chi connectivity index (χ0) is 73.8. The number of aliphatic hydroxyl groups excluding tert-OH is 2. The van der Waals surface area contributed by atoms with Crippen LogP contribution in [0.4, 0.5) is 0 Å². The standard InChI is InChI=1S/C90H76O18/c91-79-76-59-105-88(94)70-48-74(98-52-62-32-14-3-15-33-62)82(101-55-65-38-20-6-21-39-65)84(103-57-67-42-24-8-25-43-67)77(70)78-71(49-75(99-53-63-34-16-4-17-35-63)83(102-56-66-40-22-7-23-41-66)85(78)104-58-68-44-26-9-27-45-68)89(95)107-86(79)80(92)90(106-76)108-87(93)69-46-72(96-50-60-28-10-1-11-29-60)81(100-54-64-36-18-5-19-37-64)73(47-69)97-51-61-30-12-2-13-31-61/h1-49,76,79-80,86,90-92H,50-59H2/t76-,79?,80-,86?,90?/m1/s1. The van der Waals surface area contributed by atoms with Crippen LogP contribution in [0.2, 0.25) is 0 Å². The zero-order valence-electron chi connectivity index (χ0n) is 58.7. The van der Waals surface area contributed by atoms with Gasteiger partial charge in [-0.1, -0.05) is 273 Å². The average Bonchev–Trinajstić information content (AvgIpc) is 0.732. The van der Waals surface area contributed by atoms with Gasteiger partial charge < -0.3 is 71.8 Å². The molecule has 12 aromatic carbocycles. The van der Waals surface area contributed by atoms with Crippen LogP contribution in [0.15, 0.2) is 297 Å². The van der Waals surface area contributed by atoms with Gasteiger partial charge in [-0.15, -0.1) is 0 Å². The fraction of sp³-hybridized carbons (Fsp3) is 0.167. The highest BCUT2D eigenvalue weighted by Crippen LogP contribution is 2.56. The largest absolute Gasteiger partial charge is 0.485 e. The summed E-state index contributed by atoms with van der Waals surface area (Å²) < 4.78 is 86.8. The molecule has 0 saturated carbocycles. The highest BCUT2D eigenvalue weighted by molar-refractivity contribution is 6.09. The molecular weight excluding hydrogens is 1370 g/mol. The minimum atomic E-state index is -2.15. The van der Waals surface area contributed by atoms with E-state index in [0.29, 0.717) is 11.1 Å². The molecule has 0 radical (unpaired) electrons. The molecule has 0 spiro atoms. The van der Waals surface area contributed by atoms with Gasteiger partial charge in [-0.3, -0.25) is 0 Å². The molecule has 108 heavy (non-hydrogen) atoms. The molecule has 544 valence electrons. The van der Waals surface area contributed by atoms with E-state index in [9.17, 15) is 10.2 Å². The van der Waals surface area contributed by atoms with Crippen molar-refractivity contribution in [2.75, 3.05) is 6.61 Å². The van der Waals surface area contributed by atoms with E-state index in [2.05, 4.69) is 0 Å². The van der Waals surface area contributed by atoms with Crippen molar-refractivity contribution in [3.63, 3.8) is 0 Å². The van der Waals surface area contributed by atoms with Crippen molar-refractivity contribution < 1.29 is 86.2 Å². The van der Waals surface area contributed by atoms with Crippen molar-refractivity contribution in [2.24, 2.45) is 0 Å². The van der Waals surface area contributed by atoms with Gasteiger partial charge in [0.2, 0.25) is 23.5 Å². The van der Waals surface area contributed by atoms with Crippen LogP contribution in [0.5, 0.6) is 51.7 Å². The van der Waals surface area contributed by atoms with Crippen molar-refractivity contribution in [3.8, 4) is 62.9 Å². The predicted molar refractivity (Wildman–Crippen MR) is 401 cm³/mol. The van der Waals surface area contributed by atoms with E-state index < -0.39 is 55.2 Å². The van der Waals surface area contributed by atoms with Crippen molar-refractivity contribution >= 4 is 17.9 Å². The van der Waals surface area contributed by atoms with Crippen molar-refractivity contribution in [2.45, 2.75) is 90.2 Å². The number of benzene rings is 12. The molecule has 1 fully saturated rings. The molecule has 12 aromatic rings. The maximum absolute atomic E-state index is 16.5. The normalized spacial score (nSPS) is 15.9. The summed E-state index contributed by atoms with van der Waals surface area (Å²) in [5.74, 6) is -3.28. The van der Waals surface area contributed by atoms with Gasteiger partial charge in [0.25, 0.3) is 0 Å². The topological polar surface area (TPSA) is 212 Å². The smallest absolute Gasteiger partial charge is 0.340 e. The van der Waals surface area contributed by atoms with E-state index in [1.165, 1.54) is 24.3 Å². The number of ether oxygens (including phenoxy) is 13. The lowest BCUT2D eigenvalue weighted by molar-refractivity contribution is -0.284. The van der Waals surface area contributed by atoms with Crippen LogP contribution in [0.3, 0.4) is 0 Å². The molecule has 2 heterocycles. The van der Waals surface area contributed by atoms with E-state index in [-0.39, 0.29) is 139 Å². The van der Waals surface area contributed by atoms with Crippen LogP contribution in [0, 0.1) is 0 Å². The molecule has 0 aliphatic carbocycles. The molecule has 0 aromatic heterocycles. The minimum absolute atomic E-state index is 0.00338. The van der Waals surface area contributed by atoms with Crippen molar-refractivity contribution in [3.05, 3.63) is 364 Å². The summed E-state index contributed by atoms with van der Waals surface area (Å²) in [5, 5.41) is 25.4. The summed E-state index contributed by atoms with van der Waals surface area (Å²) in [6.45, 7) is -1.18. The van der Waals surface area contributed by atoms with Crippen LogP contribution in [0.25, 0.3) is 11.1 Å². The predicted octanol–water partition coefficient (Wildman–Crippen LogP) is 16.6. The first-order chi connectivity index (χ1) is 53.1. The third kappa shape index (κ3) is 18.1. The maximum atomic E-state index is 16.5. The van der Waals surface area contributed by atoms with Gasteiger partial charge in [-0.2, -0.15) is 0 Å². The molecule has 2 aliphatic rings. The third-order valence-corrected chi connectivity index (χ3v) is 17.9. The lowest BCUT2D eigenvalue weighted by Crippen LogP contribution is -2.61. The Kier molecular flexibility index (Phi) is 23.5. The first-order valence-corrected chi connectivity index (χ1v) is 35.3. The number of rotatable bonds is 29. The van der Waals surface area contributed by atoms with Crippen molar-refractivity contribution in [1.29, 1.82) is 0 Å². The lowest BCUT2D eigenvalue weighted by Gasteiger charge is -2.41. The number of carbonyl (C=O) groups excluding carboxylic acids is 3. The first kappa shape index (κ1) is 72.1. The second kappa shape index (κ2) is 35.3. The number of hydrogen-bond acceptors (Lipinski definition) is 18. The summed E-state index contributed by atoms with van der Waals surface area (Å²) in [4.78, 5) is 47.8. The first-order valence-electron chi connectivity index (χ1n) is 35.3. The van der Waals surface area contributed by atoms with E-state index in [1.54, 1.807) is 0 Å². The number of esters is 3. The second-order valence-corrected chi connectivity index (χ2v) is 25.6. The van der Waals surface area contributed by atoms with Gasteiger partial charge >= 0.3 is 17.9 Å². The fourth-order valence-electron chi connectivity index (χ4n) is 12.3. The molecular formula is C90H76O18. The molecule has 1 saturated heterocycles. The van der Waals surface area contributed by atoms with Crippen LogP contribution in [0.1, 0.15) is 81.1 Å².